The number of carbonyl (C=O) groups excluding carboxylic acids is 3. The summed E-state index contributed by atoms with van der Waals surface area (Å²) in [6.45, 7) is 0.290. The number of phenols is 1. The van der Waals surface area contributed by atoms with Gasteiger partial charge in [-0.2, -0.15) is 10.2 Å². The fourth-order valence-corrected chi connectivity index (χ4v) is 3.33. The van der Waals surface area contributed by atoms with Gasteiger partial charge in [0.25, 0.3) is 5.91 Å². The van der Waals surface area contributed by atoms with Crippen LogP contribution < -0.4 is 80.4 Å². The van der Waals surface area contributed by atoms with E-state index in [1.165, 1.54) is 36.4 Å². The van der Waals surface area contributed by atoms with E-state index in [0.717, 1.165) is 11.6 Å². The van der Waals surface area contributed by atoms with Gasteiger partial charge in [-0.3, -0.25) is 9.59 Å². The number of amides is 1. The molecule has 3 rings (SSSR count). The topological polar surface area (TPSA) is 218 Å². The first kappa shape index (κ1) is 39.2. The van der Waals surface area contributed by atoms with Crippen molar-refractivity contribution in [2.24, 2.45) is 16.0 Å². The average molecular weight is 615 g/mol. The zero-order chi connectivity index (χ0) is 29.7. The van der Waals surface area contributed by atoms with Crippen molar-refractivity contribution in [1.29, 1.82) is 0 Å². The second-order valence-electron chi connectivity index (χ2n) is 8.20. The third-order valence-corrected chi connectivity index (χ3v) is 5.52. The first-order valence-corrected chi connectivity index (χ1v) is 12.1. The van der Waals surface area contributed by atoms with Crippen LogP contribution in [0.2, 0.25) is 5.02 Å². The summed E-state index contributed by atoms with van der Waals surface area (Å²) in [5.74, 6) is -4.63. The maximum Gasteiger partial charge on any atom is 1.00 e. The number of halogens is 1. The second kappa shape index (κ2) is 20.2. The summed E-state index contributed by atoms with van der Waals surface area (Å²) in [7, 11) is 0. The maximum absolute atomic E-state index is 11.8. The number of carboxylic acid groups (broad SMARTS) is 3. The van der Waals surface area contributed by atoms with Crippen molar-refractivity contribution >= 4 is 46.8 Å². The van der Waals surface area contributed by atoms with Gasteiger partial charge in [0, 0.05) is 41.0 Å². The zero-order valence-corrected chi connectivity index (χ0v) is 27.7. The number of nitrogens with zero attached hydrogens (tertiary/aromatic N) is 2. The van der Waals surface area contributed by atoms with E-state index in [-0.39, 0.29) is 90.1 Å². The number of rotatable bonds is 11. The molecule has 0 radical (unpaired) electrons. The minimum atomic E-state index is -1.53. The number of aromatic carboxylic acids is 1. The van der Waals surface area contributed by atoms with Gasteiger partial charge >= 0.3 is 65.1 Å². The Bertz CT molecular complexity index is 1370. The fourth-order valence-electron chi connectivity index (χ4n) is 3.21. The van der Waals surface area contributed by atoms with E-state index in [4.69, 9.17) is 22.4 Å². The summed E-state index contributed by atoms with van der Waals surface area (Å²) in [5.41, 5.74) is 6.93. The fraction of sp³-hybridized carbons (Fsp3) is 0.185. The van der Waals surface area contributed by atoms with Gasteiger partial charge < -0.3 is 41.1 Å². The molecule has 1 unspecified atom stereocenters. The molecule has 0 spiro atoms. The smallest absolute Gasteiger partial charge is 0.550 e. The number of aromatic hydroxyl groups is 1. The first-order chi connectivity index (χ1) is 19.0. The van der Waals surface area contributed by atoms with Crippen molar-refractivity contribution in [2.45, 2.75) is 18.8 Å². The van der Waals surface area contributed by atoms with E-state index < -0.39 is 35.1 Å². The molecule has 42 heavy (non-hydrogen) atoms. The molecule has 15 heteroatoms. The van der Waals surface area contributed by atoms with Gasteiger partial charge in [0.2, 0.25) is 0 Å². The molecule has 12 nitrogen and oxygen atoms in total. The molecule has 210 valence electrons. The molecule has 1 atom stereocenters. The third kappa shape index (κ3) is 13.9. The monoisotopic (exact) mass is 614 g/mol. The normalized spacial score (nSPS) is 10.7. The summed E-state index contributed by atoms with van der Waals surface area (Å²) < 4.78 is 0. The molecule has 0 fully saturated rings. The van der Waals surface area contributed by atoms with Crippen LogP contribution in [0.1, 0.15) is 45.0 Å². The Hall–Kier alpha value is -2.81. The number of azo groups is 1. The molecule has 0 heterocycles. The number of aliphatic carboxylic acids is 2. The van der Waals surface area contributed by atoms with Crippen LogP contribution in [-0.2, 0) is 9.59 Å². The standard InChI is InChI=1S/C17H15N3O6.C10H12ClNO2.2Na/c21-14-6-5-12(9-13(14)17(25)26)20-19-11-3-1-10(2-4-11)16(24)18-8-7-15(22)23;11-9-3-1-7(2-4-9)8(6-12)5-10(13)14;;/h1-6,9,21H,7-8H2,(H,18,24)(H,22,23)(H,25,26);1-4,8H,5-6,12H2,(H,13,14);;/q;;2*+1/p-2/b20-19+;;;. The van der Waals surface area contributed by atoms with Gasteiger partial charge in [-0.15, -0.1) is 0 Å². The van der Waals surface area contributed by atoms with Gasteiger partial charge in [0.15, 0.2) is 0 Å². The molecular weight excluding hydrogens is 590 g/mol. The summed E-state index contributed by atoms with van der Waals surface area (Å²) in [6, 6.07) is 16.7. The molecule has 3 aromatic rings. The van der Waals surface area contributed by atoms with E-state index in [1.807, 2.05) is 12.1 Å². The zero-order valence-electron chi connectivity index (χ0n) is 23.0. The molecule has 0 aliphatic rings. The molecule has 0 saturated carbocycles. The number of carboxylic acids is 3. The van der Waals surface area contributed by atoms with Crippen LogP contribution in [0.5, 0.6) is 5.75 Å². The van der Waals surface area contributed by atoms with Gasteiger partial charge in [0.05, 0.1) is 23.8 Å². The van der Waals surface area contributed by atoms with Crippen molar-refractivity contribution in [3.8, 4) is 5.75 Å². The molecule has 0 aliphatic carbocycles. The molecule has 0 aliphatic heterocycles. The van der Waals surface area contributed by atoms with Crippen molar-refractivity contribution < 1.29 is 98.7 Å². The summed E-state index contributed by atoms with van der Waals surface area (Å²) in [4.78, 5) is 43.5. The van der Waals surface area contributed by atoms with Crippen molar-refractivity contribution in [3.05, 3.63) is 88.4 Å². The molecule has 1 amide bonds. The van der Waals surface area contributed by atoms with E-state index in [0.29, 0.717) is 22.8 Å². The number of carbonyl (C=O) groups is 4. The number of hydrogen-bond donors (Lipinski definition) is 4. The average Bonchev–Trinajstić information content (AvgIpc) is 2.92. The van der Waals surface area contributed by atoms with E-state index >= 15 is 0 Å². The van der Waals surface area contributed by atoms with Crippen LogP contribution in [-0.4, -0.2) is 47.1 Å². The SMILES string of the molecule is NCC(CC(=O)O)c1ccc(Cl)cc1.O=C([O-])CCNC(=O)c1ccc(/N=N/c2ccc(O)c(C(=O)[O-])c2)cc1.[Na+].[Na+]. The molecule has 0 aromatic heterocycles. The molecular formula is C27H25ClN4Na2O8. The molecule has 0 saturated heterocycles. The van der Waals surface area contributed by atoms with E-state index in [1.54, 1.807) is 12.1 Å². The summed E-state index contributed by atoms with van der Waals surface area (Å²) >= 11 is 5.72. The Labute approximate surface area is 290 Å². The maximum atomic E-state index is 11.8. The predicted molar refractivity (Wildman–Crippen MR) is 141 cm³/mol. The summed E-state index contributed by atoms with van der Waals surface area (Å²) in [5, 5.41) is 50.0. The first-order valence-electron chi connectivity index (χ1n) is 11.7. The molecule has 5 N–H and O–H groups in total. The van der Waals surface area contributed by atoms with Crippen molar-refractivity contribution in [2.75, 3.05) is 13.1 Å². The Kier molecular flexibility index (Phi) is 18.8. The van der Waals surface area contributed by atoms with Gasteiger partial charge in [0.1, 0.15) is 5.75 Å². The minimum absolute atomic E-state index is 0. The Morgan fingerprint density at radius 1 is 0.905 bits per heavy atom. The number of nitrogens with two attached hydrogens (primary N) is 1. The third-order valence-electron chi connectivity index (χ3n) is 5.27. The van der Waals surface area contributed by atoms with E-state index in [2.05, 4.69) is 15.5 Å². The van der Waals surface area contributed by atoms with Gasteiger partial charge in [-0.1, -0.05) is 23.7 Å². The predicted octanol–water partition coefficient (Wildman–Crippen LogP) is -4.09. The van der Waals surface area contributed by atoms with Crippen molar-refractivity contribution in [1.82, 2.24) is 5.32 Å². The largest absolute Gasteiger partial charge is 1.00 e. The van der Waals surface area contributed by atoms with Gasteiger partial charge in [-0.05, 0) is 66.7 Å². The van der Waals surface area contributed by atoms with Gasteiger partial charge in [-0.25, -0.2) is 0 Å². The van der Waals surface area contributed by atoms with E-state index in [9.17, 15) is 34.5 Å². The summed E-state index contributed by atoms with van der Waals surface area (Å²) in [6.07, 6.45) is -0.226. The van der Waals surface area contributed by atoms with Crippen LogP contribution in [0.3, 0.4) is 0 Å². The number of hydrogen-bond acceptors (Lipinski definition) is 10. The Balaban J connectivity index is 0.000000897. The van der Waals surface area contributed by atoms with Crippen LogP contribution in [0, 0.1) is 0 Å². The Morgan fingerprint density at radius 2 is 1.48 bits per heavy atom. The van der Waals surface area contributed by atoms with Crippen LogP contribution in [0.15, 0.2) is 77.0 Å². The van der Waals surface area contributed by atoms with Crippen LogP contribution >= 0.6 is 11.6 Å². The molecule has 0 bridgehead atoms. The minimum Gasteiger partial charge on any atom is -0.550 e. The van der Waals surface area contributed by atoms with Crippen LogP contribution in [0.4, 0.5) is 11.4 Å². The second-order valence-corrected chi connectivity index (χ2v) is 8.63. The molecule has 3 aromatic carbocycles. The van der Waals surface area contributed by atoms with Crippen molar-refractivity contribution in [3.63, 3.8) is 0 Å². The van der Waals surface area contributed by atoms with Crippen LogP contribution in [0.25, 0.3) is 0 Å². The number of nitrogens with one attached hydrogen (secondary N) is 1. The quantitative estimate of drug-likeness (QED) is 0.122. The Morgan fingerprint density at radius 3 is 2.00 bits per heavy atom. The number of benzene rings is 3.